The minimum Gasteiger partial charge on any atom is -0.490 e. The van der Waals surface area contributed by atoms with E-state index in [1.807, 2.05) is 30.3 Å². The standard InChI is InChI=1S/C24H28FN3O4/c25-18(15-9-11-31-12-10-15)14-32-20-13-19(24(29)30)28-23(27-17-7-2-1-3-8-17)21(20)22(26)16-5-4-6-16/h1-3,7-8,13,15-16,18,26H,4-6,9-12,14H2,(H,27,28)(H,29,30). The summed E-state index contributed by atoms with van der Waals surface area (Å²) in [6, 6.07) is 10.5. The number of hydrogen-bond acceptors (Lipinski definition) is 6. The van der Waals surface area contributed by atoms with Crippen molar-refractivity contribution in [2.24, 2.45) is 11.8 Å². The third-order valence-electron chi connectivity index (χ3n) is 6.20. The molecule has 2 fully saturated rings. The van der Waals surface area contributed by atoms with E-state index in [0.29, 0.717) is 43.0 Å². The maximum absolute atomic E-state index is 14.9. The van der Waals surface area contributed by atoms with E-state index < -0.39 is 12.1 Å². The van der Waals surface area contributed by atoms with Gasteiger partial charge in [0.2, 0.25) is 0 Å². The number of carboxylic acid groups (broad SMARTS) is 1. The van der Waals surface area contributed by atoms with Crippen LogP contribution in [0.25, 0.3) is 0 Å². The van der Waals surface area contributed by atoms with Crippen LogP contribution in [0.15, 0.2) is 36.4 Å². The van der Waals surface area contributed by atoms with Crippen LogP contribution in [0.4, 0.5) is 15.9 Å². The van der Waals surface area contributed by atoms with Gasteiger partial charge in [-0.2, -0.15) is 0 Å². The average molecular weight is 442 g/mol. The van der Waals surface area contributed by atoms with Crippen molar-refractivity contribution in [1.82, 2.24) is 4.98 Å². The topological polar surface area (TPSA) is 105 Å². The number of hydrogen-bond donors (Lipinski definition) is 3. The molecule has 4 rings (SSSR count). The van der Waals surface area contributed by atoms with Gasteiger partial charge in [0.05, 0.1) is 5.56 Å². The van der Waals surface area contributed by atoms with Gasteiger partial charge >= 0.3 is 5.97 Å². The zero-order chi connectivity index (χ0) is 22.5. The molecule has 0 spiro atoms. The fourth-order valence-electron chi connectivity index (χ4n) is 4.04. The van der Waals surface area contributed by atoms with Crippen LogP contribution in [0, 0.1) is 17.2 Å². The maximum atomic E-state index is 14.9. The van der Waals surface area contributed by atoms with E-state index in [-0.39, 0.29) is 35.7 Å². The number of benzene rings is 1. The fourth-order valence-corrected chi connectivity index (χ4v) is 4.04. The number of anilines is 2. The number of nitrogens with one attached hydrogen (secondary N) is 2. The Labute approximate surface area is 186 Å². The minimum absolute atomic E-state index is 0.0582. The van der Waals surface area contributed by atoms with Gasteiger partial charge in [0.1, 0.15) is 24.3 Å². The van der Waals surface area contributed by atoms with Crippen LogP contribution in [0.1, 0.15) is 48.2 Å². The van der Waals surface area contributed by atoms with E-state index >= 15 is 0 Å². The monoisotopic (exact) mass is 441 g/mol. The minimum atomic E-state index is -1.21. The molecule has 2 aromatic rings. The number of halogens is 1. The van der Waals surface area contributed by atoms with Gasteiger partial charge in [0.25, 0.3) is 0 Å². The maximum Gasteiger partial charge on any atom is 0.354 e. The number of para-hydroxylation sites is 1. The summed E-state index contributed by atoms with van der Waals surface area (Å²) in [5, 5.41) is 21.5. The molecule has 8 heteroatoms. The number of ether oxygens (including phenoxy) is 2. The van der Waals surface area contributed by atoms with Crippen LogP contribution >= 0.6 is 0 Å². The van der Waals surface area contributed by atoms with Gasteiger partial charge in [-0.1, -0.05) is 24.6 Å². The van der Waals surface area contributed by atoms with Crippen LogP contribution < -0.4 is 10.1 Å². The molecule has 1 atom stereocenters. The van der Waals surface area contributed by atoms with Crippen molar-refractivity contribution >= 4 is 23.2 Å². The summed E-state index contributed by atoms with van der Waals surface area (Å²) in [5.74, 6) is -0.885. The Morgan fingerprint density at radius 1 is 1.25 bits per heavy atom. The van der Waals surface area contributed by atoms with Crippen molar-refractivity contribution in [3.05, 3.63) is 47.7 Å². The molecule has 170 valence electrons. The predicted molar refractivity (Wildman–Crippen MR) is 119 cm³/mol. The molecule has 0 radical (unpaired) electrons. The highest BCUT2D eigenvalue weighted by Crippen LogP contribution is 2.37. The Hall–Kier alpha value is -3.00. The SMILES string of the molecule is N=C(c1c(OCC(F)C2CCOCC2)cc(C(=O)O)nc1Nc1ccccc1)C1CCC1. The van der Waals surface area contributed by atoms with Crippen LogP contribution in [0.2, 0.25) is 0 Å². The molecule has 1 aliphatic carbocycles. The van der Waals surface area contributed by atoms with Crippen molar-refractivity contribution in [3.63, 3.8) is 0 Å². The van der Waals surface area contributed by atoms with Crippen molar-refractivity contribution < 1.29 is 23.8 Å². The van der Waals surface area contributed by atoms with Crippen molar-refractivity contribution in [1.29, 1.82) is 5.41 Å². The summed E-state index contributed by atoms with van der Waals surface area (Å²) < 4.78 is 26.0. The van der Waals surface area contributed by atoms with E-state index in [1.165, 1.54) is 6.07 Å². The predicted octanol–water partition coefficient (Wildman–Crippen LogP) is 4.83. The molecule has 1 aromatic carbocycles. The normalized spacial score (nSPS) is 17.9. The highest BCUT2D eigenvalue weighted by molar-refractivity contribution is 6.07. The highest BCUT2D eigenvalue weighted by Gasteiger charge is 2.30. The van der Waals surface area contributed by atoms with Gasteiger partial charge < -0.3 is 25.3 Å². The van der Waals surface area contributed by atoms with E-state index in [1.54, 1.807) is 0 Å². The first-order valence-corrected chi connectivity index (χ1v) is 11.1. The smallest absolute Gasteiger partial charge is 0.354 e. The van der Waals surface area contributed by atoms with Gasteiger partial charge in [-0.15, -0.1) is 0 Å². The first kappa shape index (κ1) is 22.2. The number of rotatable bonds is 9. The zero-order valence-electron chi connectivity index (χ0n) is 17.9. The second-order valence-electron chi connectivity index (χ2n) is 8.34. The third-order valence-corrected chi connectivity index (χ3v) is 6.20. The summed E-state index contributed by atoms with van der Waals surface area (Å²) >= 11 is 0. The summed E-state index contributed by atoms with van der Waals surface area (Å²) in [6.07, 6.45) is 2.88. The summed E-state index contributed by atoms with van der Waals surface area (Å²) in [4.78, 5) is 16.0. The summed E-state index contributed by atoms with van der Waals surface area (Å²) in [6.45, 7) is 0.863. The first-order valence-electron chi connectivity index (χ1n) is 11.1. The Morgan fingerprint density at radius 3 is 2.59 bits per heavy atom. The number of pyridine rings is 1. The van der Waals surface area contributed by atoms with E-state index in [9.17, 15) is 14.3 Å². The number of alkyl halides is 1. The third kappa shape index (κ3) is 5.07. The first-order chi connectivity index (χ1) is 15.5. The lowest BCUT2D eigenvalue weighted by Crippen LogP contribution is -2.30. The molecule has 0 amide bonds. The molecule has 2 heterocycles. The summed E-state index contributed by atoms with van der Waals surface area (Å²) in [7, 11) is 0. The molecule has 1 unspecified atom stereocenters. The van der Waals surface area contributed by atoms with Crippen molar-refractivity contribution in [2.45, 2.75) is 38.3 Å². The number of carboxylic acids is 1. The van der Waals surface area contributed by atoms with E-state index in [4.69, 9.17) is 14.9 Å². The molecule has 32 heavy (non-hydrogen) atoms. The van der Waals surface area contributed by atoms with Gasteiger partial charge in [-0.3, -0.25) is 0 Å². The van der Waals surface area contributed by atoms with E-state index in [0.717, 1.165) is 19.3 Å². The Bertz CT molecular complexity index is 959. The molecule has 0 bridgehead atoms. The van der Waals surface area contributed by atoms with Gasteiger partial charge in [0.15, 0.2) is 5.69 Å². The van der Waals surface area contributed by atoms with Gasteiger partial charge in [-0.25, -0.2) is 14.2 Å². The zero-order valence-corrected chi connectivity index (χ0v) is 17.9. The molecule has 1 saturated carbocycles. The molecule has 1 aromatic heterocycles. The van der Waals surface area contributed by atoms with Gasteiger partial charge in [0, 0.05) is 36.6 Å². The lowest BCUT2D eigenvalue weighted by Gasteiger charge is -2.29. The molecule has 1 aliphatic heterocycles. The second kappa shape index (κ2) is 10.1. The van der Waals surface area contributed by atoms with Crippen LogP contribution in [-0.4, -0.2) is 47.8 Å². The Kier molecular flexibility index (Phi) is 6.99. The number of aromatic nitrogens is 1. The lowest BCUT2D eigenvalue weighted by molar-refractivity contribution is 0.0241. The number of aromatic carboxylic acids is 1. The fraction of sp³-hybridized carbons (Fsp3) is 0.458. The molecule has 1 saturated heterocycles. The molecule has 7 nitrogen and oxygen atoms in total. The van der Waals surface area contributed by atoms with Crippen LogP contribution in [0.3, 0.4) is 0 Å². The average Bonchev–Trinajstić information content (AvgIpc) is 2.77. The summed E-state index contributed by atoms with van der Waals surface area (Å²) in [5.41, 5.74) is 1.24. The Balaban J connectivity index is 1.66. The molecular weight excluding hydrogens is 413 g/mol. The number of nitrogens with zero attached hydrogens (tertiary/aromatic N) is 1. The lowest BCUT2D eigenvalue weighted by atomic mass is 9.79. The number of carbonyl (C=O) groups is 1. The van der Waals surface area contributed by atoms with Gasteiger partial charge in [-0.05, 0) is 43.7 Å². The van der Waals surface area contributed by atoms with Crippen molar-refractivity contribution in [2.75, 3.05) is 25.1 Å². The van der Waals surface area contributed by atoms with Crippen LogP contribution in [0.5, 0.6) is 5.75 Å². The Morgan fingerprint density at radius 2 is 1.97 bits per heavy atom. The molecule has 2 aliphatic rings. The molecule has 3 N–H and O–H groups in total. The largest absolute Gasteiger partial charge is 0.490 e. The van der Waals surface area contributed by atoms with Crippen LogP contribution in [-0.2, 0) is 4.74 Å². The van der Waals surface area contributed by atoms with E-state index in [2.05, 4.69) is 10.3 Å². The molecular formula is C24H28FN3O4. The highest BCUT2D eigenvalue weighted by atomic mass is 19.1. The quantitative estimate of drug-likeness (QED) is 0.481. The van der Waals surface area contributed by atoms with Crippen molar-refractivity contribution in [3.8, 4) is 5.75 Å². The second-order valence-corrected chi connectivity index (χ2v) is 8.34.